The lowest BCUT2D eigenvalue weighted by atomic mass is 10.1. The molecule has 0 aliphatic heterocycles. The number of sulfonamides is 1. The van der Waals surface area contributed by atoms with Gasteiger partial charge in [0.25, 0.3) is 0 Å². The quantitative estimate of drug-likeness (QED) is 0.624. The van der Waals surface area contributed by atoms with E-state index in [1.54, 1.807) is 25.5 Å². The smallest absolute Gasteiger partial charge is 0.240 e. The van der Waals surface area contributed by atoms with Crippen LogP contribution in [0.3, 0.4) is 0 Å². The Hall–Kier alpha value is -1.86. The van der Waals surface area contributed by atoms with E-state index in [0.29, 0.717) is 18.7 Å². The number of benzene rings is 1. The Bertz CT molecular complexity index is 709. The molecule has 0 amide bonds. The molecule has 0 unspecified atom stereocenters. The third-order valence-corrected chi connectivity index (χ3v) is 4.96. The van der Waals surface area contributed by atoms with Gasteiger partial charge in [-0.25, -0.2) is 18.1 Å². The van der Waals surface area contributed by atoms with Gasteiger partial charge in [-0.1, -0.05) is 0 Å². The van der Waals surface area contributed by atoms with Crippen LogP contribution in [0.2, 0.25) is 0 Å². The number of nitrogens with zero attached hydrogens (tertiary/aromatic N) is 2. The van der Waals surface area contributed by atoms with E-state index >= 15 is 0 Å². The largest absolute Gasteiger partial charge is 0.399 e. The van der Waals surface area contributed by atoms with Gasteiger partial charge >= 0.3 is 0 Å². The molecule has 0 saturated carbocycles. The molecule has 2 aromatic rings. The average Bonchev–Trinajstić information content (AvgIpc) is 2.92. The first kappa shape index (κ1) is 15.5. The van der Waals surface area contributed by atoms with E-state index in [1.165, 1.54) is 6.07 Å². The highest BCUT2D eigenvalue weighted by atomic mass is 32.2. The third kappa shape index (κ3) is 3.83. The molecule has 1 aromatic carbocycles. The van der Waals surface area contributed by atoms with Gasteiger partial charge in [-0.2, -0.15) is 0 Å². The summed E-state index contributed by atoms with van der Waals surface area (Å²) in [5.41, 5.74) is 7.79. The van der Waals surface area contributed by atoms with E-state index in [0.717, 1.165) is 17.7 Å². The highest BCUT2D eigenvalue weighted by Gasteiger charge is 2.17. The average molecular weight is 308 g/mol. The van der Waals surface area contributed by atoms with Crippen LogP contribution in [-0.2, 0) is 16.6 Å². The lowest BCUT2D eigenvalue weighted by Gasteiger charge is -2.12. The number of anilines is 1. The van der Waals surface area contributed by atoms with Gasteiger partial charge in [-0.3, -0.25) is 0 Å². The molecule has 0 atom stereocenters. The second-order valence-corrected chi connectivity index (χ2v) is 6.75. The van der Waals surface area contributed by atoms with Crippen LogP contribution in [0.4, 0.5) is 5.69 Å². The number of rotatable bonds is 6. The summed E-state index contributed by atoms with van der Waals surface area (Å²) in [6.07, 6.45) is 5.94. The van der Waals surface area contributed by atoms with Crippen LogP contribution in [0.1, 0.15) is 17.5 Å². The van der Waals surface area contributed by atoms with E-state index in [2.05, 4.69) is 9.71 Å². The summed E-state index contributed by atoms with van der Waals surface area (Å²) in [6.45, 7) is 4.73. The van der Waals surface area contributed by atoms with Crippen LogP contribution < -0.4 is 10.5 Å². The van der Waals surface area contributed by atoms with Gasteiger partial charge in [0.05, 0.1) is 11.2 Å². The topological polar surface area (TPSA) is 90.0 Å². The standard InChI is InChI=1S/C14H20N4O2S/c1-11-8-13(15)9-14(12(11)2)21(19,20)17-4-3-6-18-7-5-16-10-18/h5,7-10,17H,3-4,6,15H2,1-2H3. The summed E-state index contributed by atoms with van der Waals surface area (Å²) in [5.74, 6) is 0. The molecule has 7 heteroatoms. The molecule has 6 nitrogen and oxygen atoms in total. The SMILES string of the molecule is Cc1cc(N)cc(S(=O)(=O)NCCCn2ccnc2)c1C. The van der Waals surface area contributed by atoms with Crippen LogP contribution >= 0.6 is 0 Å². The van der Waals surface area contributed by atoms with Crippen molar-refractivity contribution in [2.75, 3.05) is 12.3 Å². The summed E-state index contributed by atoms with van der Waals surface area (Å²) in [6, 6.07) is 3.27. The molecule has 1 aromatic heterocycles. The fourth-order valence-electron chi connectivity index (χ4n) is 2.10. The van der Waals surface area contributed by atoms with E-state index in [1.807, 2.05) is 17.7 Å². The van der Waals surface area contributed by atoms with Gasteiger partial charge in [0, 0.05) is 31.2 Å². The van der Waals surface area contributed by atoms with Crippen molar-refractivity contribution in [1.29, 1.82) is 0 Å². The Morgan fingerprint density at radius 3 is 2.76 bits per heavy atom. The first-order chi connectivity index (χ1) is 9.90. The Kier molecular flexibility index (Phi) is 4.64. The first-order valence-corrected chi connectivity index (χ1v) is 8.20. The number of imidazole rings is 1. The van der Waals surface area contributed by atoms with Crippen molar-refractivity contribution in [3.63, 3.8) is 0 Å². The minimum atomic E-state index is -3.53. The molecule has 0 fully saturated rings. The van der Waals surface area contributed by atoms with Crippen molar-refractivity contribution in [2.45, 2.75) is 31.7 Å². The molecular formula is C14H20N4O2S. The predicted molar refractivity (Wildman–Crippen MR) is 82.4 cm³/mol. The highest BCUT2D eigenvalue weighted by molar-refractivity contribution is 7.89. The molecule has 0 bridgehead atoms. The summed E-state index contributed by atoms with van der Waals surface area (Å²) in [4.78, 5) is 4.19. The van der Waals surface area contributed by atoms with Crippen molar-refractivity contribution < 1.29 is 8.42 Å². The van der Waals surface area contributed by atoms with Crippen LogP contribution in [0.15, 0.2) is 35.7 Å². The fourth-order valence-corrected chi connectivity index (χ4v) is 3.52. The molecule has 0 aliphatic rings. The normalized spacial score (nSPS) is 11.7. The lowest BCUT2D eigenvalue weighted by molar-refractivity contribution is 0.569. The number of aryl methyl sites for hydroxylation is 2. The zero-order valence-electron chi connectivity index (χ0n) is 12.2. The minimum absolute atomic E-state index is 0.252. The molecule has 0 radical (unpaired) electrons. The summed E-state index contributed by atoms with van der Waals surface area (Å²) in [7, 11) is -3.53. The van der Waals surface area contributed by atoms with Gasteiger partial charge in [-0.05, 0) is 43.5 Å². The zero-order valence-corrected chi connectivity index (χ0v) is 13.0. The van der Waals surface area contributed by atoms with Gasteiger partial charge < -0.3 is 10.3 Å². The molecule has 0 saturated heterocycles. The van der Waals surface area contributed by atoms with Crippen LogP contribution in [0.5, 0.6) is 0 Å². The van der Waals surface area contributed by atoms with Crippen LogP contribution in [-0.4, -0.2) is 24.5 Å². The number of hydrogen-bond acceptors (Lipinski definition) is 4. The highest BCUT2D eigenvalue weighted by Crippen LogP contribution is 2.22. The van der Waals surface area contributed by atoms with E-state index in [-0.39, 0.29) is 4.90 Å². The third-order valence-electron chi connectivity index (χ3n) is 3.38. The first-order valence-electron chi connectivity index (χ1n) is 6.72. The number of aromatic nitrogens is 2. The maximum absolute atomic E-state index is 12.3. The molecule has 0 aliphatic carbocycles. The second-order valence-electron chi connectivity index (χ2n) is 5.01. The molecular weight excluding hydrogens is 288 g/mol. The summed E-state index contributed by atoms with van der Waals surface area (Å²) < 4.78 is 29.2. The van der Waals surface area contributed by atoms with E-state index in [9.17, 15) is 8.42 Å². The fraction of sp³-hybridized carbons (Fsp3) is 0.357. The Morgan fingerprint density at radius 2 is 2.10 bits per heavy atom. The minimum Gasteiger partial charge on any atom is -0.399 e. The van der Waals surface area contributed by atoms with Gasteiger partial charge in [0.1, 0.15) is 0 Å². The molecule has 114 valence electrons. The Morgan fingerprint density at radius 1 is 1.33 bits per heavy atom. The van der Waals surface area contributed by atoms with Crippen LogP contribution in [0.25, 0.3) is 0 Å². The van der Waals surface area contributed by atoms with Crippen molar-refractivity contribution in [2.24, 2.45) is 0 Å². The number of nitrogen functional groups attached to an aromatic ring is 1. The van der Waals surface area contributed by atoms with Gasteiger partial charge in [0.2, 0.25) is 10.0 Å². The predicted octanol–water partition coefficient (Wildman–Crippen LogP) is 1.45. The maximum Gasteiger partial charge on any atom is 0.240 e. The monoisotopic (exact) mass is 308 g/mol. The van der Waals surface area contributed by atoms with Crippen molar-refractivity contribution in [3.05, 3.63) is 42.0 Å². The number of hydrogen-bond donors (Lipinski definition) is 2. The molecule has 0 spiro atoms. The van der Waals surface area contributed by atoms with Crippen molar-refractivity contribution in [3.8, 4) is 0 Å². The van der Waals surface area contributed by atoms with E-state index < -0.39 is 10.0 Å². The molecule has 21 heavy (non-hydrogen) atoms. The second kappa shape index (κ2) is 6.28. The van der Waals surface area contributed by atoms with E-state index in [4.69, 9.17) is 5.73 Å². The maximum atomic E-state index is 12.3. The molecule has 1 heterocycles. The summed E-state index contributed by atoms with van der Waals surface area (Å²) >= 11 is 0. The number of nitrogens with two attached hydrogens (primary N) is 1. The molecule has 3 N–H and O–H groups in total. The Balaban J connectivity index is 2.02. The number of nitrogens with one attached hydrogen (secondary N) is 1. The molecule has 2 rings (SSSR count). The van der Waals surface area contributed by atoms with Crippen molar-refractivity contribution in [1.82, 2.24) is 14.3 Å². The van der Waals surface area contributed by atoms with Crippen LogP contribution in [0, 0.1) is 13.8 Å². The zero-order chi connectivity index (χ0) is 15.5. The van der Waals surface area contributed by atoms with Crippen molar-refractivity contribution >= 4 is 15.7 Å². The Labute approximate surface area is 125 Å². The van der Waals surface area contributed by atoms with Gasteiger partial charge in [-0.15, -0.1) is 0 Å². The lowest BCUT2D eigenvalue weighted by Crippen LogP contribution is -2.26. The van der Waals surface area contributed by atoms with Gasteiger partial charge in [0.15, 0.2) is 0 Å². The summed E-state index contributed by atoms with van der Waals surface area (Å²) in [5, 5.41) is 0.